The van der Waals surface area contributed by atoms with E-state index >= 15 is 0 Å². The molecule has 2 aliphatic rings. The molecule has 0 radical (unpaired) electrons. The van der Waals surface area contributed by atoms with Crippen molar-refractivity contribution in [3.63, 3.8) is 0 Å². The number of fused-ring (bicyclic) bond motifs is 13. The lowest BCUT2D eigenvalue weighted by Crippen LogP contribution is -2.10. The van der Waals surface area contributed by atoms with Gasteiger partial charge in [0, 0.05) is 21.5 Å². The van der Waals surface area contributed by atoms with Crippen LogP contribution in [0.15, 0.2) is 134 Å². The first-order valence-corrected chi connectivity index (χ1v) is 15.1. The van der Waals surface area contributed by atoms with Crippen molar-refractivity contribution in [2.24, 2.45) is 0 Å². The van der Waals surface area contributed by atoms with Crippen molar-refractivity contribution in [1.82, 2.24) is 4.40 Å². The molecule has 2 unspecified atom stereocenters. The first kappa shape index (κ1) is 23.8. The molecule has 0 amide bonds. The van der Waals surface area contributed by atoms with Gasteiger partial charge in [-0.1, -0.05) is 117 Å². The highest BCUT2D eigenvalue weighted by Crippen LogP contribution is 2.49. The predicted molar refractivity (Wildman–Crippen MR) is 179 cm³/mol. The van der Waals surface area contributed by atoms with Crippen LogP contribution in [0.4, 0.5) is 0 Å². The summed E-state index contributed by atoms with van der Waals surface area (Å²) in [5.41, 5.74) is 14.6. The molecule has 200 valence electrons. The molecular formula is C41H31N. The van der Waals surface area contributed by atoms with Gasteiger partial charge < -0.3 is 4.40 Å². The number of rotatable bonds is 1. The molecule has 1 heteroatoms. The first-order valence-electron chi connectivity index (χ1n) is 15.1. The Bertz CT molecular complexity index is 2290. The van der Waals surface area contributed by atoms with Gasteiger partial charge in [-0.15, -0.1) is 0 Å². The largest absolute Gasteiger partial charge is 0.308 e. The molecule has 0 fully saturated rings. The SMILES string of the molecule is C=C1CC2c3ccccc3C/C=C\C=C1c1ccc(-c3ccc4c(c3)c3cccc5c6ccccc6n4c53)cc1C2C. The smallest absolute Gasteiger partial charge is 0.0620 e. The maximum atomic E-state index is 4.61. The fourth-order valence-electron chi connectivity index (χ4n) is 7.96. The molecule has 0 saturated carbocycles. The van der Waals surface area contributed by atoms with Crippen LogP contribution in [0.3, 0.4) is 0 Å². The summed E-state index contributed by atoms with van der Waals surface area (Å²) >= 11 is 0. The van der Waals surface area contributed by atoms with Crippen LogP contribution < -0.4 is 0 Å². The second kappa shape index (κ2) is 8.81. The van der Waals surface area contributed by atoms with Crippen molar-refractivity contribution in [2.45, 2.75) is 31.6 Å². The zero-order valence-corrected chi connectivity index (χ0v) is 23.8. The Hall–Kier alpha value is -4.88. The van der Waals surface area contributed by atoms with Crippen LogP contribution in [0.25, 0.3) is 54.8 Å². The van der Waals surface area contributed by atoms with Gasteiger partial charge in [-0.2, -0.15) is 0 Å². The molecule has 2 atom stereocenters. The summed E-state index contributed by atoms with van der Waals surface area (Å²) in [6, 6.07) is 38.7. The predicted octanol–water partition coefficient (Wildman–Crippen LogP) is 10.8. The van der Waals surface area contributed by atoms with Gasteiger partial charge in [0.1, 0.15) is 0 Å². The molecule has 42 heavy (non-hydrogen) atoms. The van der Waals surface area contributed by atoms with E-state index in [4.69, 9.17) is 0 Å². The number of para-hydroxylation sites is 2. The Morgan fingerprint density at radius 2 is 1.43 bits per heavy atom. The molecule has 0 N–H and O–H groups in total. The van der Waals surface area contributed by atoms with Crippen LogP contribution in [-0.2, 0) is 6.42 Å². The van der Waals surface area contributed by atoms with E-state index < -0.39 is 0 Å². The molecule has 1 nitrogen and oxygen atoms in total. The number of aromatic nitrogens is 1. The number of benzene rings is 5. The first-order chi connectivity index (χ1) is 20.7. The molecule has 5 aromatic carbocycles. The highest BCUT2D eigenvalue weighted by atomic mass is 14.9. The summed E-state index contributed by atoms with van der Waals surface area (Å²) < 4.78 is 2.46. The normalized spacial score (nSPS) is 19.3. The topological polar surface area (TPSA) is 4.41 Å². The van der Waals surface area contributed by atoms with Gasteiger partial charge in [-0.3, -0.25) is 0 Å². The van der Waals surface area contributed by atoms with E-state index in [0.717, 1.165) is 12.8 Å². The third-order valence-corrected chi connectivity index (χ3v) is 10.0. The third kappa shape index (κ3) is 3.25. The Kier molecular flexibility index (Phi) is 4.99. The summed E-state index contributed by atoms with van der Waals surface area (Å²) in [5, 5.41) is 5.30. The molecule has 7 aromatic rings. The Labute approximate surface area is 246 Å². The number of hydrogen-bond donors (Lipinski definition) is 0. The molecular weight excluding hydrogens is 506 g/mol. The molecule has 2 aromatic heterocycles. The van der Waals surface area contributed by atoms with Gasteiger partial charge in [0.2, 0.25) is 0 Å². The van der Waals surface area contributed by atoms with Crippen LogP contribution in [0, 0.1) is 0 Å². The van der Waals surface area contributed by atoms with Gasteiger partial charge in [-0.05, 0) is 87.4 Å². The van der Waals surface area contributed by atoms with Gasteiger partial charge in [0.05, 0.1) is 16.6 Å². The number of allylic oxidation sites excluding steroid dienone is 5. The van der Waals surface area contributed by atoms with Gasteiger partial charge >= 0.3 is 0 Å². The van der Waals surface area contributed by atoms with Crippen LogP contribution >= 0.6 is 0 Å². The average Bonchev–Trinajstić information content (AvgIpc) is 3.51. The van der Waals surface area contributed by atoms with Crippen molar-refractivity contribution >= 4 is 43.7 Å². The van der Waals surface area contributed by atoms with Gasteiger partial charge in [0.25, 0.3) is 0 Å². The standard InChI is InChI=1S/C41H31N/c1-25-22-36-26(2)37-23-28(18-20-32(37)30(25)12-5-3-10-27-11-4-6-13-31(27)36)29-19-21-40-38(24-29)35-16-9-15-34-33-14-7-8-17-39(33)42(40)41(34)35/h3-9,11-21,23-24,26,36H,1,10,22H2,2H3/b5-3-,30-12?. The molecule has 9 rings (SSSR count). The van der Waals surface area contributed by atoms with Crippen LogP contribution in [0.5, 0.6) is 0 Å². The minimum atomic E-state index is 0.372. The van der Waals surface area contributed by atoms with Crippen LogP contribution in [-0.4, -0.2) is 4.40 Å². The van der Waals surface area contributed by atoms with E-state index in [9.17, 15) is 0 Å². The lowest BCUT2D eigenvalue weighted by Gasteiger charge is -2.26. The lowest BCUT2D eigenvalue weighted by molar-refractivity contribution is 0.578. The highest BCUT2D eigenvalue weighted by Gasteiger charge is 2.31. The zero-order valence-electron chi connectivity index (χ0n) is 23.8. The molecule has 0 aliphatic heterocycles. The monoisotopic (exact) mass is 537 g/mol. The van der Waals surface area contributed by atoms with Gasteiger partial charge in [-0.25, -0.2) is 0 Å². The van der Waals surface area contributed by atoms with E-state index in [1.54, 1.807) is 0 Å². The van der Waals surface area contributed by atoms with Crippen molar-refractivity contribution < 1.29 is 0 Å². The third-order valence-electron chi connectivity index (χ3n) is 10.0. The molecule has 2 bridgehead atoms. The van der Waals surface area contributed by atoms with Gasteiger partial charge in [0.15, 0.2) is 0 Å². The fraction of sp³-hybridized carbons (Fsp3) is 0.122. The summed E-state index contributed by atoms with van der Waals surface area (Å²) in [4.78, 5) is 0. The summed E-state index contributed by atoms with van der Waals surface area (Å²) in [5.74, 6) is 0.772. The summed E-state index contributed by atoms with van der Waals surface area (Å²) in [6.07, 6.45) is 8.77. The molecule has 0 saturated heterocycles. The average molecular weight is 538 g/mol. The quantitative estimate of drug-likeness (QED) is 0.196. The second-order valence-electron chi connectivity index (χ2n) is 12.2. The minimum absolute atomic E-state index is 0.372. The fourth-order valence-corrected chi connectivity index (χ4v) is 7.96. The maximum Gasteiger partial charge on any atom is 0.0620 e. The molecule has 2 aliphatic carbocycles. The highest BCUT2D eigenvalue weighted by molar-refractivity contribution is 6.23. The van der Waals surface area contributed by atoms with Crippen molar-refractivity contribution in [2.75, 3.05) is 0 Å². The van der Waals surface area contributed by atoms with Crippen molar-refractivity contribution in [3.05, 3.63) is 156 Å². The summed E-state index contributed by atoms with van der Waals surface area (Å²) in [7, 11) is 0. The zero-order chi connectivity index (χ0) is 27.9. The second-order valence-corrected chi connectivity index (χ2v) is 12.2. The van der Waals surface area contributed by atoms with Crippen LogP contribution in [0.1, 0.15) is 47.4 Å². The Morgan fingerprint density at radius 1 is 0.690 bits per heavy atom. The Balaban J connectivity index is 1.25. The number of hydrogen-bond acceptors (Lipinski definition) is 0. The molecule has 0 spiro atoms. The van der Waals surface area contributed by atoms with Crippen molar-refractivity contribution in [3.8, 4) is 11.1 Å². The number of nitrogens with zero attached hydrogens (tertiary/aromatic N) is 1. The van der Waals surface area contributed by atoms with Crippen LogP contribution in [0.2, 0.25) is 0 Å². The van der Waals surface area contributed by atoms with E-state index in [2.05, 4.69) is 139 Å². The van der Waals surface area contributed by atoms with Crippen molar-refractivity contribution in [1.29, 1.82) is 0 Å². The maximum absolute atomic E-state index is 4.61. The minimum Gasteiger partial charge on any atom is -0.308 e. The Morgan fingerprint density at radius 3 is 2.36 bits per heavy atom. The van der Waals surface area contributed by atoms with E-state index in [-0.39, 0.29) is 0 Å². The summed E-state index contributed by atoms with van der Waals surface area (Å²) in [6.45, 7) is 7.03. The van der Waals surface area contributed by atoms with E-state index in [1.807, 2.05) is 0 Å². The lowest BCUT2D eigenvalue weighted by atomic mass is 9.78. The van der Waals surface area contributed by atoms with E-state index in [1.165, 1.54) is 82.6 Å². The van der Waals surface area contributed by atoms with E-state index in [0.29, 0.717) is 11.8 Å². The molecule has 2 heterocycles.